The summed E-state index contributed by atoms with van der Waals surface area (Å²) >= 11 is 0. The molecule has 0 saturated carbocycles. The van der Waals surface area contributed by atoms with Crippen molar-refractivity contribution in [2.24, 2.45) is 5.73 Å². The number of nitrogens with two attached hydrogens (primary N) is 1. The quantitative estimate of drug-likeness (QED) is 0.622. The highest BCUT2D eigenvalue weighted by molar-refractivity contribution is 6.01. The molecule has 1 fully saturated rings. The van der Waals surface area contributed by atoms with E-state index in [4.69, 9.17) is 15.2 Å². The van der Waals surface area contributed by atoms with Crippen LogP contribution in [0.3, 0.4) is 0 Å². The van der Waals surface area contributed by atoms with Crippen molar-refractivity contribution in [2.45, 2.75) is 25.2 Å². The van der Waals surface area contributed by atoms with Crippen LogP contribution in [0.1, 0.15) is 35.7 Å². The Morgan fingerprint density at radius 1 is 1.12 bits per heavy atom. The lowest BCUT2D eigenvalue weighted by Crippen LogP contribution is -2.45. The van der Waals surface area contributed by atoms with Gasteiger partial charge in [-0.25, -0.2) is 0 Å². The molecule has 8 heteroatoms. The number of hydrogen-bond acceptors (Lipinski definition) is 6. The zero-order chi connectivity index (χ0) is 23.2. The first-order chi connectivity index (χ1) is 15.9. The number of methoxy groups -OCH3 is 1. The second kappa shape index (κ2) is 7.95. The van der Waals surface area contributed by atoms with Gasteiger partial charge in [0.2, 0.25) is 5.91 Å². The van der Waals surface area contributed by atoms with Gasteiger partial charge >= 0.3 is 0 Å². The number of carbonyl (C=O) groups excluding carboxylic acids is 2. The standard InChI is InChI=1S/C25H26N4O4/c1-25(24(31)29-9-3-4-10-29)14-28-20-11-15(5-6-18(20)25)33-21-7-8-27-19-13-22(32-2)17(23(26)30)12-16(19)21/h5-8,11-13,28H,3-4,9-10,14H2,1-2H3,(H2,26,30). The maximum Gasteiger partial charge on any atom is 0.252 e. The number of hydrogen-bond donors (Lipinski definition) is 2. The molecule has 3 aromatic rings. The molecule has 3 N–H and O–H groups in total. The van der Waals surface area contributed by atoms with Crippen LogP contribution in [0.2, 0.25) is 0 Å². The van der Waals surface area contributed by atoms with Gasteiger partial charge in [0.15, 0.2) is 0 Å². The van der Waals surface area contributed by atoms with Crippen molar-refractivity contribution in [2.75, 3.05) is 32.1 Å². The van der Waals surface area contributed by atoms with Gasteiger partial charge in [0.25, 0.3) is 5.91 Å². The zero-order valence-electron chi connectivity index (χ0n) is 18.7. The monoisotopic (exact) mass is 446 g/mol. The van der Waals surface area contributed by atoms with Crippen LogP contribution in [0.4, 0.5) is 5.69 Å². The second-order valence-corrected chi connectivity index (χ2v) is 8.74. The summed E-state index contributed by atoms with van der Waals surface area (Å²) < 4.78 is 11.5. The Hall–Kier alpha value is -3.81. The molecule has 5 rings (SSSR count). The number of likely N-dealkylation sites (tertiary alicyclic amines) is 1. The lowest BCUT2D eigenvalue weighted by molar-refractivity contribution is -0.135. The van der Waals surface area contributed by atoms with Crippen LogP contribution >= 0.6 is 0 Å². The molecule has 1 aromatic heterocycles. The number of pyridine rings is 1. The van der Waals surface area contributed by atoms with Crippen molar-refractivity contribution in [1.82, 2.24) is 9.88 Å². The van der Waals surface area contributed by atoms with Crippen molar-refractivity contribution in [3.8, 4) is 17.2 Å². The van der Waals surface area contributed by atoms with E-state index in [-0.39, 0.29) is 11.5 Å². The first kappa shape index (κ1) is 21.1. The lowest BCUT2D eigenvalue weighted by Gasteiger charge is -2.28. The van der Waals surface area contributed by atoms with Crippen LogP contribution < -0.4 is 20.5 Å². The van der Waals surface area contributed by atoms with E-state index in [0.29, 0.717) is 34.7 Å². The van der Waals surface area contributed by atoms with E-state index in [1.54, 1.807) is 24.4 Å². The Bertz CT molecular complexity index is 1270. The van der Waals surface area contributed by atoms with E-state index in [1.165, 1.54) is 7.11 Å². The Balaban J connectivity index is 1.47. The van der Waals surface area contributed by atoms with Gasteiger partial charge in [-0.1, -0.05) is 6.07 Å². The summed E-state index contributed by atoms with van der Waals surface area (Å²) in [6, 6.07) is 10.8. The van der Waals surface area contributed by atoms with E-state index in [1.807, 2.05) is 30.0 Å². The van der Waals surface area contributed by atoms with Crippen molar-refractivity contribution in [3.05, 3.63) is 53.7 Å². The van der Waals surface area contributed by atoms with Crippen LogP contribution in [-0.2, 0) is 10.2 Å². The zero-order valence-corrected chi connectivity index (χ0v) is 18.7. The molecule has 2 aromatic carbocycles. The lowest BCUT2D eigenvalue weighted by atomic mass is 9.83. The molecule has 2 amide bonds. The highest BCUT2D eigenvalue weighted by Gasteiger charge is 2.44. The van der Waals surface area contributed by atoms with E-state index < -0.39 is 11.3 Å². The van der Waals surface area contributed by atoms with Gasteiger partial charge in [0.1, 0.15) is 17.2 Å². The number of anilines is 1. The summed E-state index contributed by atoms with van der Waals surface area (Å²) in [4.78, 5) is 31.4. The van der Waals surface area contributed by atoms with E-state index in [2.05, 4.69) is 10.3 Å². The summed E-state index contributed by atoms with van der Waals surface area (Å²) in [5, 5.41) is 4.03. The fourth-order valence-electron chi connectivity index (χ4n) is 4.77. The Labute approximate surface area is 191 Å². The van der Waals surface area contributed by atoms with Crippen LogP contribution in [-0.4, -0.2) is 48.4 Å². The summed E-state index contributed by atoms with van der Waals surface area (Å²) in [5.41, 5.74) is 7.68. The third-order valence-corrected chi connectivity index (χ3v) is 6.60. The number of aromatic nitrogens is 1. The Morgan fingerprint density at radius 2 is 1.91 bits per heavy atom. The number of ether oxygens (including phenoxy) is 2. The number of amides is 2. The molecule has 170 valence electrons. The number of primary amides is 1. The number of nitrogens with one attached hydrogen (secondary N) is 1. The van der Waals surface area contributed by atoms with Crippen molar-refractivity contribution >= 4 is 28.4 Å². The number of nitrogens with zero attached hydrogens (tertiary/aromatic N) is 2. The number of carbonyl (C=O) groups is 2. The van der Waals surface area contributed by atoms with Crippen LogP contribution in [0.5, 0.6) is 17.2 Å². The minimum Gasteiger partial charge on any atom is -0.496 e. The van der Waals surface area contributed by atoms with E-state index in [0.717, 1.165) is 37.2 Å². The van der Waals surface area contributed by atoms with E-state index >= 15 is 0 Å². The summed E-state index contributed by atoms with van der Waals surface area (Å²) in [6.07, 6.45) is 3.77. The number of fused-ring (bicyclic) bond motifs is 2. The predicted octanol–water partition coefficient (Wildman–Crippen LogP) is 3.44. The smallest absolute Gasteiger partial charge is 0.252 e. The summed E-state index contributed by atoms with van der Waals surface area (Å²) in [7, 11) is 1.48. The van der Waals surface area contributed by atoms with Crippen LogP contribution in [0.15, 0.2) is 42.6 Å². The molecule has 2 aliphatic rings. The predicted molar refractivity (Wildman–Crippen MR) is 125 cm³/mol. The van der Waals surface area contributed by atoms with Gasteiger partial charge in [-0.3, -0.25) is 14.6 Å². The van der Waals surface area contributed by atoms with Gasteiger partial charge in [-0.05, 0) is 43.5 Å². The van der Waals surface area contributed by atoms with Gasteiger partial charge < -0.3 is 25.4 Å². The first-order valence-corrected chi connectivity index (χ1v) is 11.0. The minimum atomic E-state index is -0.591. The third-order valence-electron chi connectivity index (χ3n) is 6.60. The molecule has 3 heterocycles. The normalized spacial score (nSPS) is 19.3. The summed E-state index contributed by atoms with van der Waals surface area (Å²) in [5.74, 6) is 1.10. The second-order valence-electron chi connectivity index (χ2n) is 8.74. The molecular weight excluding hydrogens is 420 g/mol. The molecule has 0 bridgehead atoms. The van der Waals surface area contributed by atoms with Gasteiger partial charge in [-0.15, -0.1) is 0 Å². The molecule has 0 spiro atoms. The van der Waals surface area contributed by atoms with Crippen LogP contribution in [0, 0.1) is 0 Å². The van der Waals surface area contributed by atoms with Crippen molar-refractivity contribution in [3.63, 3.8) is 0 Å². The van der Waals surface area contributed by atoms with Crippen molar-refractivity contribution < 1.29 is 19.1 Å². The topological polar surface area (TPSA) is 107 Å². The molecule has 1 saturated heterocycles. The fourth-order valence-corrected chi connectivity index (χ4v) is 4.77. The van der Waals surface area contributed by atoms with E-state index in [9.17, 15) is 9.59 Å². The maximum absolute atomic E-state index is 13.2. The molecule has 8 nitrogen and oxygen atoms in total. The number of rotatable bonds is 5. The third kappa shape index (κ3) is 3.51. The highest BCUT2D eigenvalue weighted by atomic mass is 16.5. The maximum atomic E-state index is 13.2. The Morgan fingerprint density at radius 3 is 2.64 bits per heavy atom. The molecule has 0 radical (unpaired) electrons. The molecule has 1 unspecified atom stereocenters. The first-order valence-electron chi connectivity index (χ1n) is 11.0. The number of benzene rings is 2. The highest BCUT2D eigenvalue weighted by Crippen LogP contribution is 2.42. The average Bonchev–Trinajstić information content (AvgIpc) is 3.47. The molecule has 2 aliphatic heterocycles. The summed E-state index contributed by atoms with van der Waals surface area (Å²) in [6.45, 7) is 4.22. The molecule has 1 atom stereocenters. The van der Waals surface area contributed by atoms with Gasteiger partial charge in [-0.2, -0.15) is 0 Å². The minimum absolute atomic E-state index is 0.174. The van der Waals surface area contributed by atoms with Crippen LogP contribution in [0.25, 0.3) is 10.9 Å². The molecular formula is C25H26N4O4. The Kier molecular flexibility index (Phi) is 5.08. The SMILES string of the molecule is COc1cc2nccc(Oc3ccc4c(c3)NCC4(C)C(=O)N3CCCC3)c2cc1C(N)=O. The largest absolute Gasteiger partial charge is 0.496 e. The van der Waals surface area contributed by atoms with Crippen molar-refractivity contribution in [1.29, 1.82) is 0 Å². The van der Waals surface area contributed by atoms with Gasteiger partial charge in [0, 0.05) is 49.0 Å². The molecule has 0 aliphatic carbocycles. The average molecular weight is 447 g/mol. The fraction of sp³-hybridized carbons (Fsp3) is 0.320. The molecule has 33 heavy (non-hydrogen) atoms. The van der Waals surface area contributed by atoms with Gasteiger partial charge in [0.05, 0.1) is 23.6 Å².